The number of aromatic amines is 1. The summed E-state index contributed by atoms with van der Waals surface area (Å²) >= 11 is 0. The fourth-order valence-electron chi connectivity index (χ4n) is 0.907. The molecule has 0 aliphatic rings. The molecule has 1 unspecified atom stereocenters. The molecule has 0 spiro atoms. The van der Waals surface area contributed by atoms with E-state index in [1.165, 1.54) is 0 Å². The van der Waals surface area contributed by atoms with Gasteiger partial charge in [-0.25, -0.2) is 4.79 Å². The molecule has 0 bridgehead atoms. The predicted octanol–water partition coefficient (Wildman–Crippen LogP) is -0.694. The van der Waals surface area contributed by atoms with Crippen molar-refractivity contribution in [2.24, 2.45) is 0 Å². The molecule has 0 amide bonds. The summed E-state index contributed by atoms with van der Waals surface area (Å²) in [5, 5.41) is 33.1. The van der Waals surface area contributed by atoms with Crippen LogP contribution in [0, 0.1) is 10.1 Å². The number of carboxylic acids is 1. The van der Waals surface area contributed by atoms with E-state index in [1.54, 1.807) is 0 Å². The second-order valence-electron chi connectivity index (χ2n) is 2.56. The minimum Gasteiger partial charge on any atom is -0.479 e. The normalized spacial score (nSPS) is 12.4. The van der Waals surface area contributed by atoms with Gasteiger partial charge in [0.15, 0.2) is 6.10 Å². The number of nitro groups is 1. The standard InChI is InChI=1S/C6H7N3O5/c10-4(6(11)12)1-3-2-7-8-5(3)9(13)14/h2,4,10H,1H2,(H,7,8)(H,11,12). The first kappa shape index (κ1) is 10.1. The molecule has 76 valence electrons. The van der Waals surface area contributed by atoms with E-state index >= 15 is 0 Å². The molecule has 0 aliphatic carbocycles. The van der Waals surface area contributed by atoms with Gasteiger partial charge in [-0.2, -0.15) is 0 Å². The molecule has 0 saturated carbocycles. The average molecular weight is 201 g/mol. The summed E-state index contributed by atoms with van der Waals surface area (Å²) < 4.78 is 0. The van der Waals surface area contributed by atoms with Gasteiger partial charge in [0, 0.05) is 6.42 Å². The molecule has 0 radical (unpaired) electrons. The predicted molar refractivity (Wildman–Crippen MR) is 42.6 cm³/mol. The average Bonchev–Trinajstić information content (AvgIpc) is 2.52. The van der Waals surface area contributed by atoms with E-state index in [1.807, 2.05) is 0 Å². The Labute approximate surface area is 77.3 Å². The van der Waals surface area contributed by atoms with E-state index < -0.39 is 22.8 Å². The summed E-state index contributed by atoms with van der Waals surface area (Å²) in [6.07, 6.45) is -0.891. The number of carboxylic acid groups (broad SMARTS) is 1. The molecule has 1 rings (SSSR count). The lowest BCUT2D eigenvalue weighted by Crippen LogP contribution is -2.22. The molecule has 8 heteroatoms. The van der Waals surface area contributed by atoms with Gasteiger partial charge in [-0.1, -0.05) is 5.10 Å². The number of aliphatic carboxylic acids is 1. The van der Waals surface area contributed by atoms with Crippen LogP contribution in [0.3, 0.4) is 0 Å². The third-order valence-corrected chi connectivity index (χ3v) is 1.58. The molecule has 0 fully saturated rings. The molecule has 1 aromatic heterocycles. The highest BCUT2D eigenvalue weighted by Gasteiger charge is 2.21. The summed E-state index contributed by atoms with van der Waals surface area (Å²) in [6.45, 7) is 0. The highest BCUT2D eigenvalue weighted by molar-refractivity contribution is 5.72. The Hall–Kier alpha value is -1.96. The molecule has 3 N–H and O–H groups in total. The number of nitrogens with zero attached hydrogens (tertiary/aromatic N) is 2. The zero-order valence-electron chi connectivity index (χ0n) is 6.88. The van der Waals surface area contributed by atoms with Gasteiger partial charge in [0.25, 0.3) is 0 Å². The first-order valence-corrected chi connectivity index (χ1v) is 3.60. The lowest BCUT2D eigenvalue weighted by atomic mass is 10.1. The topological polar surface area (TPSA) is 129 Å². The zero-order chi connectivity index (χ0) is 10.7. The molecule has 1 aromatic rings. The van der Waals surface area contributed by atoms with Gasteiger partial charge in [0.1, 0.15) is 0 Å². The van der Waals surface area contributed by atoms with Gasteiger partial charge in [0.05, 0.1) is 11.8 Å². The highest BCUT2D eigenvalue weighted by atomic mass is 16.6. The van der Waals surface area contributed by atoms with E-state index in [9.17, 15) is 14.9 Å². The maximum absolute atomic E-state index is 10.3. The smallest absolute Gasteiger partial charge is 0.345 e. The second-order valence-corrected chi connectivity index (χ2v) is 2.56. The van der Waals surface area contributed by atoms with Crippen molar-refractivity contribution in [1.29, 1.82) is 0 Å². The Morgan fingerprint density at radius 3 is 2.93 bits per heavy atom. The summed E-state index contributed by atoms with van der Waals surface area (Å²) in [5.74, 6) is -1.83. The fourth-order valence-corrected chi connectivity index (χ4v) is 0.907. The van der Waals surface area contributed by atoms with Crippen LogP contribution in [-0.4, -0.2) is 37.4 Å². The van der Waals surface area contributed by atoms with Crippen molar-refractivity contribution in [1.82, 2.24) is 10.2 Å². The van der Waals surface area contributed by atoms with E-state index in [2.05, 4.69) is 10.2 Å². The number of aliphatic hydroxyl groups excluding tert-OH is 1. The molecule has 1 atom stereocenters. The minimum absolute atomic E-state index is 0.0601. The SMILES string of the molecule is O=C(O)C(O)Cc1cn[nH]c1[N+](=O)[O-]. The summed E-state index contributed by atoms with van der Waals surface area (Å²) in [4.78, 5) is 19.9. The first-order valence-electron chi connectivity index (χ1n) is 3.60. The Kier molecular flexibility index (Phi) is 2.77. The Morgan fingerprint density at radius 2 is 2.43 bits per heavy atom. The van der Waals surface area contributed by atoms with Crippen LogP contribution in [0.4, 0.5) is 5.82 Å². The number of nitrogens with one attached hydrogen (secondary N) is 1. The number of aromatic nitrogens is 2. The second kappa shape index (κ2) is 3.83. The quantitative estimate of drug-likeness (QED) is 0.436. The molecule has 1 heterocycles. The molecule has 0 aromatic carbocycles. The number of carbonyl (C=O) groups is 1. The van der Waals surface area contributed by atoms with E-state index in [0.29, 0.717) is 0 Å². The lowest BCUT2D eigenvalue weighted by molar-refractivity contribution is -0.390. The maximum atomic E-state index is 10.3. The van der Waals surface area contributed by atoms with Crippen molar-refractivity contribution in [2.45, 2.75) is 12.5 Å². The Balaban J connectivity index is 2.81. The number of hydrogen-bond donors (Lipinski definition) is 3. The molecule has 0 saturated heterocycles. The zero-order valence-corrected chi connectivity index (χ0v) is 6.88. The summed E-state index contributed by atoms with van der Waals surface area (Å²) in [6, 6.07) is 0. The monoisotopic (exact) mass is 201 g/mol. The largest absolute Gasteiger partial charge is 0.479 e. The van der Waals surface area contributed by atoms with Crippen LogP contribution in [0.1, 0.15) is 5.56 Å². The number of aliphatic hydroxyl groups is 1. The van der Waals surface area contributed by atoms with Crippen molar-refractivity contribution in [2.75, 3.05) is 0 Å². The molecular formula is C6H7N3O5. The van der Waals surface area contributed by atoms with E-state index in [-0.39, 0.29) is 12.0 Å². The van der Waals surface area contributed by atoms with Gasteiger partial charge >= 0.3 is 11.8 Å². The van der Waals surface area contributed by atoms with Crippen molar-refractivity contribution in [3.8, 4) is 0 Å². The third kappa shape index (κ3) is 2.04. The molecule has 14 heavy (non-hydrogen) atoms. The first-order chi connectivity index (χ1) is 6.52. The van der Waals surface area contributed by atoms with Gasteiger partial charge in [-0.05, 0) is 4.92 Å². The van der Waals surface area contributed by atoms with Crippen LogP contribution in [0.2, 0.25) is 0 Å². The maximum Gasteiger partial charge on any atom is 0.345 e. The highest BCUT2D eigenvalue weighted by Crippen LogP contribution is 2.15. The van der Waals surface area contributed by atoms with Crippen LogP contribution in [0.15, 0.2) is 6.20 Å². The number of hydrogen-bond acceptors (Lipinski definition) is 5. The number of H-pyrrole nitrogens is 1. The van der Waals surface area contributed by atoms with Crippen molar-refractivity contribution in [3.63, 3.8) is 0 Å². The van der Waals surface area contributed by atoms with Crippen LogP contribution in [0.25, 0.3) is 0 Å². The van der Waals surface area contributed by atoms with Gasteiger partial charge in [-0.3, -0.25) is 0 Å². The summed E-state index contributed by atoms with van der Waals surface area (Å²) in [7, 11) is 0. The molecular weight excluding hydrogens is 194 g/mol. The van der Waals surface area contributed by atoms with Crippen molar-refractivity contribution in [3.05, 3.63) is 21.9 Å². The van der Waals surface area contributed by atoms with E-state index in [0.717, 1.165) is 6.20 Å². The van der Waals surface area contributed by atoms with E-state index in [4.69, 9.17) is 10.2 Å². The fraction of sp³-hybridized carbons (Fsp3) is 0.333. The van der Waals surface area contributed by atoms with Crippen molar-refractivity contribution >= 4 is 11.8 Å². The van der Waals surface area contributed by atoms with Gasteiger partial charge < -0.3 is 20.3 Å². The van der Waals surface area contributed by atoms with Crippen LogP contribution >= 0.6 is 0 Å². The lowest BCUT2D eigenvalue weighted by Gasteiger charge is -2.02. The molecule has 8 nitrogen and oxygen atoms in total. The van der Waals surface area contributed by atoms with Crippen LogP contribution in [-0.2, 0) is 11.2 Å². The Morgan fingerprint density at radius 1 is 1.79 bits per heavy atom. The van der Waals surface area contributed by atoms with Gasteiger partial charge in [-0.15, -0.1) is 5.10 Å². The number of rotatable bonds is 4. The third-order valence-electron chi connectivity index (χ3n) is 1.58. The Bertz CT molecular complexity index is 360. The van der Waals surface area contributed by atoms with Gasteiger partial charge in [0.2, 0.25) is 0 Å². The molecule has 0 aliphatic heterocycles. The van der Waals surface area contributed by atoms with Crippen LogP contribution < -0.4 is 0 Å². The van der Waals surface area contributed by atoms with Crippen molar-refractivity contribution < 1.29 is 19.9 Å². The van der Waals surface area contributed by atoms with Crippen LogP contribution in [0.5, 0.6) is 0 Å². The summed E-state index contributed by atoms with van der Waals surface area (Å²) in [5.41, 5.74) is 0.0601. The minimum atomic E-state index is -1.66.